The standard InChI is InChI=1S/C16H16N2/c1-14-7-5-6-10-16(14)18-12-11-17(13-18)15-8-3-2-4-9-15/h2-10H,11-12H2,1H3. The van der Waals surface area contributed by atoms with Crippen LogP contribution in [0.25, 0.3) is 0 Å². The molecular weight excluding hydrogens is 220 g/mol. The summed E-state index contributed by atoms with van der Waals surface area (Å²) >= 11 is 0. The van der Waals surface area contributed by atoms with Gasteiger partial charge < -0.3 is 9.80 Å². The predicted molar refractivity (Wildman–Crippen MR) is 75.6 cm³/mol. The van der Waals surface area contributed by atoms with Gasteiger partial charge in [0.15, 0.2) is 0 Å². The molecule has 2 aromatic rings. The van der Waals surface area contributed by atoms with Crippen LogP contribution in [0.3, 0.4) is 0 Å². The molecule has 0 aromatic heterocycles. The molecule has 1 aliphatic rings. The van der Waals surface area contributed by atoms with E-state index in [1.807, 2.05) is 6.07 Å². The van der Waals surface area contributed by atoms with Gasteiger partial charge in [-0.15, -0.1) is 0 Å². The lowest BCUT2D eigenvalue weighted by atomic mass is 10.2. The summed E-state index contributed by atoms with van der Waals surface area (Å²) < 4.78 is 0. The number of para-hydroxylation sites is 2. The summed E-state index contributed by atoms with van der Waals surface area (Å²) in [7, 11) is 0. The fraction of sp³-hybridized carbons (Fsp3) is 0.188. The van der Waals surface area contributed by atoms with Crippen LogP contribution in [0.15, 0.2) is 54.6 Å². The van der Waals surface area contributed by atoms with Crippen molar-refractivity contribution >= 4 is 11.4 Å². The molecule has 0 unspecified atom stereocenters. The lowest BCUT2D eigenvalue weighted by Gasteiger charge is -2.20. The van der Waals surface area contributed by atoms with Crippen LogP contribution >= 0.6 is 0 Å². The first-order valence-electron chi connectivity index (χ1n) is 6.26. The molecule has 90 valence electrons. The Hall–Kier alpha value is -1.96. The molecule has 1 saturated heterocycles. The minimum Gasteiger partial charge on any atom is -0.339 e. The van der Waals surface area contributed by atoms with Gasteiger partial charge in [-0.3, -0.25) is 0 Å². The lowest BCUT2D eigenvalue weighted by molar-refractivity contribution is 1.02. The molecule has 0 atom stereocenters. The Balaban J connectivity index is 1.78. The van der Waals surface area contributed by atoms with Crippen LogP contribution in [-0.4, -0.2) is 13.1 Å². The lowest BCUT2D eigenvalue weighted by Crippen LogP contribution is -2.18. The van der Waals surface area contributed by atoms with E-state index in [9.17, 15) is 0 Å². The van der Waals surface area contributed by atoms with Gasteiger partial charge in [-0.25, -0.2) is 0 Å². The van der Waals surface area contributed by atoms with Crippen molar-refractivity contribution in [2.75, 3.05) is 22.9 Å². The van der Waals surface area contributed by atoms with Crippen molar-refractivity contribution in [1.82, 2.24) is 0 Å². The van der Waals surface area contributed by atoms with E-state index in [-0.39, 0.29) is 0 Å². The zero-order chi connectivity index (χ0) is 12.4. The molecule has 2 aromatic carbocycles. The Labute approximate surface area is 108 Å². The second-order valence-corrected chi connectivity index (χ2v) is 4.53. The number of nitrogens with zero attached hydrogens (tertiary/aromatic N) is 2. The highest BCUT2D eigenvalue weighted by Crippen LogP contribution is 2.27. The largest absolute Gasteiger partial charge is 0.339 e. The van der Waals surface area contributed by atoms with Crippen LogP contribution in [0.1, 0.15) is 5.56 Å². The molecule has 1 aliphatic heterocycles. The molecule has 2 nitrogen and oxygen atoms in total. The SMILES string of the molecule is Cc1ccccc1N1[C]N(c2ccccc2)CC1. The third-order valence-electron chi connectivity index (χ3n) is 3.26. The quantitative estimate of drug-likeness (QED) is 0.789. The van der Waals surface area contributed by atoms with Crippen LogP contribution in [0.2, 0.25) is 0 Å². The van der Waals surface area contributed by atoms with E-state index in [4.69, 9.17) is 0 Å². The van der Waals surface area contributed by atoms with Crippen molar-refractivity contribution in [3.05, 3.63) is 66.8 Å². The molecule has 3 rings (SSSR count). The van der Waals surface area contributed by atoms with Crippen LogP contribution in [0, 0.1) is 13.6 Å². The Morgan fingerprint density at radius 3 is 2.28 bits per heavy atom. The van der Waals surface area contributed by atoms with Gasteiger partial charge in [0.1, 0.15) is 0 Å². The van der Waals surface area contributed by atoms with E-state index >= 15 is 0 Å². The zero-order valence-electron chi connectivity index (χ0n) is 10.5. The highest BCUT2D eigenvalue weighted by molar-refractivity contribution is 5.60. The summed E-state index contributed by atoms with van der Waals surface area (Å²) in [6.45, 7) is 7.54. The summed E-state index contributed by atoms with van der Waals surface area (Å²) in [6, 6.07) is 18.8. The maximum Gasteiger partial charge on any atom is 0.208 e. The average Bonchev–Trinajstić information content (AvgIpc) is 2.90. The normalized spacial score (nSPS) is 15.2. The highest BCUT2D eigenvalue weighted by Gasteiger charge is 2.23. The van der Waals surface area contributed by atoms with Crippen molar-refractivity contribution in [3.63, 3.8) is 0 Å². The second kappa shape index (κ2) is 4.73. The maximum atomic E-state index is 3.43. The third-order valence-corrected chi connectivity index (χ3v) is 3.26. The van der Waals surface area contributed by atoms with Crippen molar-refractivity contribution in [3.8, 4) is 0 Å². The van der Waals surface area contributed by atoms with Gasteiger partial charge >= 0.3 is 0 Å². The number of benzene rings is 2. The van der Waals surface area contributed by atoms with Gasteiger partial charge in [-0.05, 0) is 30.7 Å². The summed E-state index contributed by atoms with van der Waals surface area (Å²) in [4.78, 5) is 4.37. The number of aryl methyl sites for hydroxylation is 1. The van der Waals surface area contributed by atoms with E-state index in [0.29, 0.717) is 0 Å². The molecule has 2 radical (unpaired) electrons. The summed E-state index contributed by atoms with van der Waals surface area (Å²) in [5, 5.41) is 0. The predicted octanol–water partition coefficient (Wildman–Crippen LogP) is 3.32. The zero-order valence-corrected chi connectivity index (χ0v) is 10.5. The van der Waals surface area contributed by atoms with E-state index in [1.54, 1.807) is 0 Å². The Kier molecular flexibility index (Phi) is 2.93. The summed E-state index contributed by atoms with van der Waals surface area (Å²) in [6.07, 6.45) is 0. The van der Waals surface area contributed by atoms with Gasteiger partial charge in [-0.1, -0.05) is 36.4 Å². The van der Waals surface area contributed by atoms with Crippen molar-refractivity contribution in [1.29, 1.82) is 0 Å². The van der Waals surface area contributed by atoms with Crippen LogP contribution in [0.4, 0.5) is 11.4 Å². The van der Waals surface area contributed by atoms with Crippen LogP contribution in [0.5, 0.6) is 0 Å². The molecule has 0 saturated carbocycles. The molecule has 0 bridgehead atoms. The van der Waals surface area contributed by atoms with Gasteiger partial charge in [-0.2, -0.15) is 0 Å². The smallest absolute Gasteiger partial charge is 0.208 e. The van der Waals surface area contributed by atoms with Gasteiger partial charge in [0, 0.05) is 24.5 Å². The number of anilines is 2. The highest BCUT2D eigenvalue weighted by atomic mass is 15.4. The summed E-state index contributed by atoms with van der Waals surface area (Å²) in [5.74, 6) is 0. The van der Waals surface area contributed by atoms with Crippen molar-refractivity contribution < 1.29 is 0 Å². The minimum absolute atomic E-state index is 0.984. The van der Waals surface area contributed by atoms with E-state index in [0.717, 1.165) is 13.1 Å². The monoisotopic (exact) mass is 236 g/mol. The van der Waals surface area contributed by atoms with Crippen molar-refractivity contribution in [2.45, 2.75) is 6.92 Å². The first-order chi connectivity index (χ1) is 8.84. The molecule has 2 heteroatoms. The Morgan fingerprint density at radius 2 is 1.50 bits per heavy atom. The van der Waals surface area contributed by atoms with Crippen molar-refractivity contribution in [2.24, 2.45) is 0 Å². The molecule has 1 heterocycles. The Morgan fingerprint density at radius 1 is 0.833 bits per heavy atom. The first kappa shape index (κ1) is 11.1. The van der Waals surface area contributed by atoms with Crippen LogP contribution < -0.4 is 9.80 Å². The second-order valence-electron chi connectivity index (χ2n) is 4.53. The van der Waals surface area contributed by atoms with Crippen LogP contribution in [-0.2, 0) is 0 Å². The Bertz CT molecular complexity index is 522. The molecule has 0 N–H and O–H groups in total. The molecule has 0 spiro atoms. The number of rotatable bonds is 2. The molecule has 0 aliphatic carbocycles. The third kappa shape index (κ3) is 2.06. The number of hydrogen-bond acceptors (Lipinski definition) is 2. The molecule has 0 amide bonds. The topological polar surface area (TPSA) is 6.48 Å². The average molecular weight is 236 g/mol. The number of hydrogen-bond donors (Lipinski definition) is 0. The van der Waals surface area contributed by atoms with E-state index in [2.05, 4.69) is 71.9 Å². The van der Waals surface area contributed by atoms with Gasteiger partial charge in [0.25, 0.3) is 0 Å². The van der Waals surface area contributed by atoms with Gasteiger partial charge in [0.2, 0.25) is 6.67 Å². The first-order valence-corrected chi connectivity index (χ1v) is 6.26. The minimum atomic E-state index is 0.984. The molecular formula is C16H16N2. The molecule has 18 heavy (non-hydrogen) atoms. The van der Waals surface area contributed by atoms with Gasteiger partial charge in [0.05, 0.1) is 0 Å². The summed E-state index contributed by atoms with van der Waals surface area (Å²) in [5.41, 5.74) is 3.74. The maximum absolute atomic E-state index is 3.43. The van der Waals surface area contributed by atoms with E-state index < -0.39 is 0 Å². The molecule has 1 fully saturated rings. The van der Waals surface area contributed by atoms with E-state index in [1.165, 1.54) is 16.9 Å². The fourth-order valence-corrected chi connectivity index (χ4v) is 2.28. The fourth-order valence-electron chi connectivity index (χ4n) is 2.28.